The minimum atomic E-state index is -0.480. The second-order valence-corrected chi connectivity index (χ2v) is 5.46. The number of nitro groups is 1. The largest absolute Gasteiger partial charge is 0.409 e. The van der Waals surface area contributed by atoms with Crippen LogP contribution in [0.25, 0.3) is 0 Å². The average molecular weight is 303 g/mol. The first-order valence-corrected chi connectivity index (χ1v) is 6.84. The Kier molecular flexibility index (Phi) is 4.44. The van der Waals surface area contributed by atoms with E-state index in [-0.39, 0.29) is 11.5 Å². The number of hydrogen-bond donors (Lipinski definition) is 2. The van der Waals surface area contributed by atoms with Crippen molar-refractivity contribution in [1.29, 1.82) is 0 Å². The van der Waals surface area contributed by atoms with E-state index in [0.29, 0.717) is 10.5 Å². The fraction of sp³-hybridized carbons (Fsp3) is 0.0714. The molecule has 0 radical (unpaired) electrons. The van der Waals surface area contributed by atoms with E-state index in [0.717, 1.165) is 10.5 Å². The second-order valence-electron chi connectivity index (χ2n) is 4.34. The molecule has 0 saturated heterocycles. The van der Waals surface area contributed by atoms with Gasteiger partial charge in [0.25, 0.3) is 5.69 Å². The molecule has 0 aliphatic heterocycles. The van der Waals surface area contributed by atoms with E-state index in [1.807, 2.05) is 31.2 Å². The van der Waals surface area contributed by atoms with Gasteiger partial charge < -0.3 is 10.9 Å². The molecule has 0 unspecified atom stereocenters. The number of aryl methyl sites for hydroxylation is 1. The molecule has 0 atom stereocenters. The van der Waals surface area contributed by atoms with Crippen LogP contribution in [0.3, 0.4) is 0 Å². The van der Waals surface area contributed by atoms with E-state index in [1.54, 1.807) is 12.1 Å². The van der Waals surface area contributed by atoms with Crippen LogP contribution in [0.15, 0.2) is 57.4 Å². The lowest BCUT2D eigenvalue weighted by Crippen LogP contribution is -2.13. The lowest BCUT2D eigenvalue weighted by Gasteiger charge is -2.06. The number of nitrogens with zero attached hydrogens (tertiary/aromatic N) is 2. The standard InChI is InChI=1S/C14H13N3O3S/c1-9-3-2-4-11(7-9)21-13-6-5-10(14(15)16-18)8-12(13)17(19)20/h2-8,18H,1H3,(H2,15,16). The van der Waals surface area contributed by atoms with Gasteiger partial charge in [0.2, 0.25) is 0 Å². The highest BCUT2D eigenvalue weighted by atomic mass is 32.2. The molecule has 21 heavy (non-hydrogen) atoms. The van der Waals surface area contributed by atoms with Crippen LogP contribution in [0.2, 0.25) is 0 Å². The Labute approximate surface area is 125 Å². The van der Waals surface area contributed by atoms with Crippen LogP contribution in [0.4, 0.5) is 5.69 Å². The normalized spacial score (nSPS) is 11.4. The van der Waals surface area contributed by atoms with Crippen molar-refractivity contribution in [2.75, 3.05) is 0 Å². The van der Waals surface area contributed by atoms with Crippen molar-refractivity contribution >= 4 is 23.3 Å². The van der Waals surface area contributed by atoms with E-state index < -0.39 is 4.92 Å². The Bertz CT molecular complexity index is 716. The third-order valence-electron chi connectivity index (χ3n) is 2.78. The minimum absolute atomic E-state index is 0.0781. The molecule has 0 fully saturated rings. The van der Waals surface area contributed by atoms with Crippen molar-refractivity contribution < 1.29 is 10.1 Å². The molecule has 108 valence electrons. The zero-order chi connectivity index (χ0) is 15.4. The van der Waals surface area contributed by atoms with Gasteiger partial charge in [-0.2, -0.15) is 0 Å². The SMILES string of the molecule is Cc1cccc(Sc2ccc(C(N)=NO)cc2[N+](=O)[O-])c1. The van der Waals surface area contributed by atoms with Crippen molar-refractivity contribution in [3.8, 4) is 0 Å². The average Bonchev–Trinajstić information content (AvgIpc) is 2.46. The van der Waals surface area contributed by atoms with Crippen LogP contribution in [0.5, 0.6) is 0 Å². The van der Waals surface area contributed by atoms with Crippen LogP contribution in [0.1, 0.15) is 11.1 Å². The summed E-state index contributed by atoms with van der Waals surface area (Å²) >= 11 is 1.30. The molecule has 0 bridgehead atoms. The summed E-state index contributed by atoms with van der Waals surface area (Å²) in [6.45, 7) is 1.96. The summed E-state index contributed by atoms with van der Waals surface area (Å²) in [6, 6.07) is 12.2. The molecule has 0 amide bonds. The fourth-order valence-corrected chi connectivity index (χ4v) is 2.79. The summed E-state index contributed by atoms with van der Waals surface area (Å²) in [6.07, 6.45) is 0. The van der Waals surface area contributed by atoms with Gasteiger partial charge in [0, 0.05) is 16.5 Å². The molecule has 0 spiro atoms. The number of nitro benzene ring substituents is 1. The Hall–Kier alpha value is -2.54. The number of rotatable bonds is 4. The molecule has 0 aliphatic rings. The molecule has 3 N–H and O–H groups in total. The molecule has 7 heteroatoms. The minimum Gasteiger partial charge on any atom is -0.409 e. The van der Waals surface area contributed by atoms with Crippen molar-refractivity contribution in [2.24, 2.45) is 10.9 Å². The highest BCUT2D eigenvalue weighted by Gasteiger charge is 2.17. The zero-order valence-corrected chi connectivity index (χ0v) is 12.0. The maximum absolute atomic E-state index is 11.2. The monoisotopic (exact) mass is 303 g/mol. The third-order valence-corrected chi connectivity index (χ3v) is 3.83. The maximum atomic E-state index is 11.2. The zero-order valence-electron chi connectivity index (χ0n) is 11.2. The van der Waals surface area contributed by atoms with Crippen molar-refractivity contribution in [2.45, 2.75) is 16.7 Å². The predicted octanol–water partition coefficient (Wildman–Crippen LogP) is 3.15. The topological polar surface area (TPSA) is 102 Å². The Morgan fingerprint density at radius 2 is 2.10 bits per heavy atom. The summed E-state index contributed by atoms with van der Waals surface area (Å²) in [7, 11) is 0. The van der Waals surface area contributed by atoms with Gasteiger partial charge in [-0.25, -0.2) is 0 Å². The lowest BCUT2D eigenvalue weighted by molar-refractivity contribution is -0.387. The van der Waals surface area contributed by atoms with Gasteiger partial charge in [-0.1, -0.05) is 34.6 Å². The van der Waals surface area contributed by atoms with Crippen molar-refractivity contribution in [3.05, 3.63) is 63.7 Å². The summed E-state index contributed by atoms with van der Waals surface area (Å²) in [5.41, 5.74) is 6.76. The number of hydrogen-bond acceptors (Lipinski definition) is 5. The summed E-state index contributed by atoms with van der Waals surface area (Å²) in [5, 5.41) is 22.7. The third kappa shape index (κ3) is 3.51. The van der Waals surface area contributed by atoms with Crippen molar-refractivity contribution in [3.63, 3.8) is 0 Å². The van der Waals surface area contributed by atoms with Gasteiger partial charge in [-0.3, -0.25) is 10.1 Å². The van der Waals surface area contributed by atoms with Crippen LogP contribution in [-0.2, 0) is 0 Å². The van der Waals surface area contributed by atoms with Gasteiger partial charge in [-0.05, 0) is 31.2 Å². The van der Waals surface area contributed by atoms with E-state index in [4.69, 9.17) is 10.9 Å². The van der Waals surface area contributed by atoms with Crippen LogP contribution in [0, 0.1) is 17.0 Å². The fourth-order valence-electron chi connectivity index (χ4n) is 1.77. The van der Waals surface area contributed by atoms with E-state index in [9.17, 15) is 10.1 Å². The number of nitrogens with two attached hydrogens (primary N) is 1. The Morgan fingerprint density at radius 3 is 2.71 bits per heavy atom. The van der Waals surface area contributed by atoms with Crippen molar-refractivity contribution in [1.82, 2.24) is 0 Å². The molecular formula is C14H13N3O3S. The summed E-state index contributed by atoms with van der Waals surface area (Å²) in [4.78, 5) is 12.1. The maximum Gasteiger partial charge on any atom is 0.283 e. The van der Waals surface area contributed by atoms with E-state index in [1.165, 1.54) is 17.8 Å². The highest BCUT2D eigenvalue weighted by Crippen LogP contribution is 2.35. The Balaban J connectivity index is 2.41. The first kappa shape index (κ1) is 14.9. The van der Waals surface area contributed by atoms with Gasteiger partial charge in [0.05, 0.1) is 9.82 Å². The molecule has 2 rings (SSSR count). The molecule has 0 aliphatic carbocycles. The second kappa shape index (κ2) is 6.27. The summed E-state index contributed by atoms with van der Waals surface area (Å²) < 4.78 is 0. The molecular weight excluding hydrogens is 290 g/mol. The predicted molar refractivity (Wildman–Crippen MR) is 80.9 cm³/mol. The molecule has 6 nitrogen and oxygen atoms in total. The Morgan fingerprint density at radius 1 is 1.33 bits per heavy atom. The number of oxime groups is 1. The highest BCUT2D eigenvalue weighted by molar-refractivity contribution is 7.99. The van der Waals surface area contributed by atoms with Crippen LogP contribution >= 0.6 is 11.8 Å². The molecule has 0 aromatic heterocycles. The van der Waals surface area contributed by atoms with Gasteiger partial charge in [0.15, 0.2) is 5.84 Å². The molecule has 2 aromatic rings. The lowest BCUT2D eigenvalue weighted by atomic mass is 10.2. The molecule has 2 aromatic carbocycles. The van der Waals surface area contributed by atoms with Gasteiger partial charge >= 0.3 is 0 Å². The van der Waals surface area contributed by atoms with Gasteiger partial charge in [0.1, 0.15) is 0 Å². The van der Waals surface area contributed by atoms with E-state index >= 15 is 0 Å². The smallest absolute Gasteiger partial charge is 0.283 e. The summed E-state index contributed by atoms with van der Waals surface area (Å²) in [5.74, 6) is -0.162. The molecule has 0 heterocycles. The van der Waals surface area contributed by atoms with Crippen LogP contribution < -0.4 is 5.73 Å². The quantitative estimate of drug-likeness (QED) is 0.297. The van der Waals surface area contributed by atoms with Gasteiger partial charge in [-0.15, -0.1) is 0 Å². The number of benzene rings is 2. The molecule has 0 saturated carbocycles. The van der Waals surface area contributed by atoms with Crippen LogP contribution in [-0.4, -0.2) is 16.0 Å². The number of amidine groups is 1. The van der Waals surface area contributed by atoms with E-state index in [2.05, 4.69) is 5.16 Å². The first-order chi connectivity index (χ1) is 10.0. The first-order valence-electron chi connectivity index (χ1n) is 6.02.